The van der Waals surface area contributed by atoms with Crippen molar-refractivity contribution in [1.29, 1.82) is 0 Å². The molecule has 1 rings (SSSR count). The molecule has 0 bridgehead atoms. The van der Waals surface area contributed by atoms with Crippen LogP contribution < -0.4 is 5.32 Å². The number of methoxy groups -OCH3 is 1. The monoisotopic (exact) mass is 311 g/mol. The van der Waals surface area contributed by atoms with Gasteiger partial charge in [0.25, 0.3) is 0 Å². The zero-order valence-corrected chi connectivity index (χ0v) is 11.4. The number of benzene rings is 1. The first-order chi connectivity index (χ1) is 9.33. The van der Waals surface area contributed by atoms with Gasteiger partial charge in [-0.25, -0.2) is 9.18 Å². The number of halogens is 4. The maximum atomic E-state index is 13.5. The van der Waals surface area contributed by atoms with Crippen molar-refractivity contribution in [3.8, 4) is 0 Å². The molecule has 0 aliphatic carbocycles. The lowest BCUT2D eigenvalue weighted by Gasteiger charge is -2.08. The summed E-state index contributed by atoms with van der Waals surface area (Å²) in [7, 11) is 1.15. The maximum Gasteiger partial charge on any atom is 0.441 e. The summed E-state index contributed by atoms with van der Waals surface area (Å²) in [5.41, 5.74) is -3.88. The summed E-state index contributed by atoms with van der Waals surface area (Å²) in [4.78, 5) is 11.2. The highest BCUT2D eigenvalue weighted by Gasteiger charge is 2.27. The Morgan fingerprint density at radius 1 is 1.40 bits per heavy atom. The molecule has 0 unspecified atom stereocenters. The molecule has 0 aromatic heterocycles. The molecule has 0 spiro atoms. The minimum absolute atomic E-state index is 0.117. The van der Waals surface area contributed by atoms with Crippen molar-refractivity contribution in [2.45, 2.75) is 12.1 Å². The standard InChI is InChI=1S/C12H13F4NO2S/c1-19-11(18)9-3-2-8(6-10(9)13)7-17-4-5-20-12(14,15)16/h2-3,6,17H,4-5,7H2,1H3. The third-order valence-electron chi connectivity index (χ3n) is 2.31. The number of carbonyl (C=O) groups excluding carboxylic acids is 1. The van der Waals surface area contributed by atoms with Crippen molar-refractivity contribution in [2.24, 2.45) is 0 Å². The van der Waals surface area contributed by atoms with Gasteiger partial charge in [-0.3, -0.25) is 0 Å². The Balaban J connectivity index is 2.42. The molecule has 0 heterocycles. The van der Waals surface area contributed by atoms with Gasteiger partial charge in [-0.05, 0) is 29.5 Å². The van der Waals surface area contributed by atoms with Gasteiger partial charge in [0.05, 0.1) is 12.7 Å². The molecule has 0 amide bonds. The van der Waals surface area contributed by atoms with E-state index in [0.717, 1.165) is 13.2 Å². The first-order valence-corrected chi connectivity index (χ1v) is 6.60. The normalized spacial score (nSPS) is 11.4. The molecular formula is C12H13F4NO2S. The van der Waals surface area contributed by atoms with Gasteiger partial charge in [0.1, 0.15) is 5.82 Å². The number of thioether (sulfide) groups is 1. The number of ether oxygens (including phenoxy) is 1. The summed E-state index contributed by atoms with van der Waals surface area (Å²) < 4.78 is 53.5. The van der Waals surface area contributed by atoms with Gasteiger partial charge in [-0.2, -0.15) is 13.2 Å². The van der Waals surface area contributed by atoms with Crippen LogP contribution in [0.15, 0.2) is 18.2 Å². The van der Waals surface area contributed by atoms with E-state index in [2.05, 4.69) is 10.1 Å². The van der Waals surface area contributed by atoms with E-state index in [1.165, 1.54) is 12.1 Å². The van der Waals surface area contributed by atoms with Gasteiger partial charge in [0, 0.05) is 18.8 Å². The first-order valence-electron chi connectivity index (χ1n) is 5.61. The van der Waals surface area contributed by atoms with Crippen LogP contribution in [0.5, 0.6) is 0 Å². The third-order valence-corrected chi connectivity index (χ3v) is 3.05. The van der Waals surface area contributed by atoms with E-state index in [1.54, 1.807) is 0 Å². The van der Waals surface area contributed by atoms with Gasteiger partial charge in [-0.15, -0.1) is 0 Å². The van der Waals surface area contributed by atoms with Crippen molar-refractivity contribution in [1.82, 2.24) is 5.32 Å². The number of carbonyl (C=O) groups is 1. The van der Waals surface area contributed by atoms with Crippen molar-refractivity contribution in [2.75, 3.05) is 19.4 Å². The Labute approximate surface area is 117 Å². The van der Waals surface area contributed by atoms with Crippen molar-refractivity contribution in [3.63, 3.8) is 0 Å². The smallest absolute Gasteiger partial charge is 0.441 e. The van der Waals surface area contributed by atoms with E-state index in [4.69, 9.17) is 0 Å². The van der Waals surface area contributed by atoms with Crippen molar-refractivity contribution < 1.29 is 27.1 Å². The summed E-state index contributed by atoms with van der Waals surface area (Å²) >= 11 is -0.117. The van der Waals surface area contributed by atoms with E-state index >= 15 is 0 Å². The third kappa shape index (κ3) is 5.79. The Morgan fingerprint density at radius 2 is 2.10 bits per heavy atom. The van der Waals surface area contributed by atoms with E-state index < -0.39 is 17.3 Å². The largest absolute Gasteiger partial charge is 0.465 e. The zero-order valence-electron chi connectivity index (χ0n) is 10.6. The molecule has 0 fully saturated rings. The fourth-order valence-corrected chi connectivity index (χ4v) is 1.89. The molecule has 1 N–H and O–H groups in total. The molecule has 1 aromatic carbocycles. The van der Waals surface area contributed by atoms with Crippen LogP contribution in [-0.4, -0.2) is 30.9 Å². The van der Waals surface area contributed by atoms with Crippen LogP contribution in [0.1, 0.15) is 15.9 Å². The highest BCUT2D eigenvalue weighted by molar-refractivity contribution is 8.00. The second kappa shape index (κ2) is 7.49. The van der Waals surface area contributed by atoms with Gasteiger partial charge >= 0.3 is 11.5 Å². The lowest BCUT2D eigenvalue weighted by atomic mass is 10.1. The second-order valence-electron chi connectivity index (χ2n) is 3.78. The summed E-state index contributed by atoms with van der Waals surface area (Å²) in [6.07, 6.45) is 0. The van der Waals surface area contributed by atoms with Crippen molar-refractivity contribution in [3.05, 3.63) is 35.1 Å². The lowest BCUT2D eigenvalue weighted by molar-refractivity contribution is -0.0327. The molecule has 0 aliphatic rings. The first kappa shape index (κ1) is 16.8. The fraction of sp³-hybridized carbons (Fsp3) is 0.417. The zero-order chi connectivity index (χ0) is 15.2. The highest BCUT2D eigenvalue weighted by Crippen LogP contribution is 2.29. The SMILES string of the molecule is COC(=O)c1ccc(CNCCSC(F)(F)F)cc1F. The number of rotatable bonds is 6. The Morgan fingerprint density at radius 3 is 2.65 bits per heavy atom. The minimum atomic E-state index is -4.24. The van der Waals surface area contributed by atoms with Crippen LogP contribution in [0, 0.1) is 5.82 Å². The summed E-state index contributed by atoms with van der Waals surface area (Å²) in [5, 5.41) is 2.76. The molecule has 0 saturated heterocycles. The molecule has 112 valence electrons. The van der Waals surface area contributed by atoms with Crippen LogP contribution in [0.4, 0.5) is 17.6 Å². The van der Waals surface area contributed by atoms with Crippen LogP contribution in [0.25, 0.3) is 0 Å². The molecule has 0 aliphatic heterocycles. The van der Waals surface area contributed by atoms with Gasteiger partial charge < -0.3 is 10.1 Å². The molecular weight excluding hydrogens is 298 g/mol. The number of alkyl halides is 3. The highest BCUT2D eigenvalue weighted by atomic mass is 32.2. The average Bonchev–Trinajstić information content (AvgIpc) is 2.36. The second-order valence-corrected chi connectivity index (χ2v) is 4.94. The topological polar surface area (TPSA) is 38.3 Å². The molecule has 20 heavy (non-hydrogen) atoms. The Hall–Kier alpha value is -1.28. The molecule has 0 atom stereocenters. The van der Waals surface area contributed by atoms with Gasteiger partial charge in [0.2, 0.25) is 0 Å². The van der Waals surface area contributed by atoms with Crippen LogP contribution in [-0.2, 0) is 11.3 Å². The number of nitrogens with one attached hydrogen (secondary N) is 1. The van der Waals surface area contributed by atoms with E-state index in [0.29, 0.717) is 5.56 Å². The number of hydrogen-bond acceptors (Lipinski definition) is 4. The lowest BCUT2D eigenvalue weighted by Crippen LogP contribution is -2.18. The van der Waals surface area contributed by atoms with Gasteiger partial charge in [0.15, 0.2) is 0 Å². The fourth-order valence-electron chi connectivity index (χ4n) is 1.42. The molecule has 1 aromatic rings. The molecule has 0 radical (unpaired) electrons. The van der Waals surface area contributed by atoms with Crippen LogP contribution in [0.3, 0.4) is 0 Å². The van der Waals surface area contributed by atoms with Crippen LogP contribution >= 0.6 is 11.8 Å². The Bertz CT molecular complexity index is 465. The van der Waals surface area contributed by atoms with E-state index in [-0.39, 0.29) is 36.2 Å². The molecule has 0 saturated carbocycles. The number of hydrogen-bond donors (Lipinski definition) is 1. The summed E-state index contributed by atoms with van der Waals surface area (Å²) in [6.45, 7) is 0.362. The number of esters is 1. The maximum absolute atomic E-state index is 13.5. The quantitative estimate of drug-likeness (QED) is 0.498. The summed E-state index contributed by atoms with van der Waals surface area (Å²) in [6, 6.07) is 3.94. The molecule has 8 heteroatoms. The van der Waals surface area contributed by atoms with Crippen molar-refractivity contribution >= 4 is 17.7 Å². The van der Waals surface area contributed by atoms with E-state index in [1.807, 2.05) is 0 Å². The van der Waals surface area contributed by atoms with E-state index in [9.17, 15) is 22.4 Å². The Kier molecular flexibility index (Phi) is 6.28. The minimum Gasteiger partial charge on any atom is -0.465 e. The predicted molar refractivity (Wildman–Crippen MR) is 68.0 cm³/mol. The average molecular weight is 311 g/mol. The molecule has 3 nitrogen and oxygen atoms in total. The predicted octanol–water partition coefficient (Wildman–Crippen LogP) is 2.95. The van der Waals surface area contributed by atoms with Gasteiger partial charge in [-0.1, -0.05) is 6.07 Å². The van der Waals surface area contributed by atoms with Crippen LogP contribution in [0.2, 0.25) is 0 Å². The summed E-state index contributed by atoms with van der Waals surface area (Å²) in [5.74, 6) is -1.61.